The molecule has 0 amide bonds. The van der Waals surface area contributed by atoms with Gasteiger partial charge < -0.3 is 15.1 Å². The van der Waals surface area contributed by atoms with Gasteiger partial charge in [-0.3, -0.25) is 0 Å². The molecular weight excluding hydrogens is 256 g/mol. The normalized spacial score (nSPS) is 17.2. The number of rotatable bonds is 3. The van der Waals surface area contributed by atoms with Gasteiger partial charge in [-0.25, -0.2) is 4.98 Å². The summed E-state index contributed by atoms with van der Waals surface area (Å²) in [5.41, 5.74) is 0. The van der Waals surface area contributed by atoms with Crippen molar-refractivity contribution in [3.05, 3.63) is 24.4 Å². The first-order valence-electron chi connectivity index (χ1n) is 6.92. The molecule has 5 heteroatoms. The summed E-state index contributed by atoms with van der Waals surface area (Å²) >= 11 is 5.45. The van der Waals surface area contributed by atoms with Crippen LogP contribution in [0.1, 0.15) is 20.3 Å². The van der Waals surface area contributed by atoms with Crippen LogP contribution in [-0.2, 0) is 0 Å². The Labute approximate surface area is 120 Å². The average molecular weight is 278 g/mol. The number of hydrogen-bond acceptors (Lipinski definition) is 3. The van der Waals surface area contributed by atoms with Gasteiger partial charge in [0.05, 0.1) is 0 Å². The molecule has 1 N–H and O–H groups in total. The second kappa shape index (κ2) is 6.70. The lowest BCUT2D eigenvalue weighted by Gasteiger charge is -2.37. The molecule has 1 unspecified atom stereocenters. The minimum atomic E-state index is 0.446. The van der Waals surface area contributed by atoms with Crippen molar-refractivity contribution in [2.75, 3.05) is 31.1 Å². The third-order valence-corrected chi connectivity index (χ3v) is 3.90. The summed E-state index contributed by atoms with van der Waals surface area (Å²) in [6.07, 6.45) is 2.94. The molecule has 2 rings (SSSR count). The first-order valence-corrected chi connectivity index (χ1v) is 7.33. The van der Waals surface area contributed by atoms with Crippen molar-refractivity contribution in [2.45, 2.75) is 26.3 Å². The first-order chi connectivity index (χ1) is 9.20. The van der Waals surface area contributed by atoms with Crippen LogP contribution in [0, 0.1) is 0 Å². The van der Waals surface area contributed by atoms with Gasteiger partial charge in [0, 0.05) is 38.4 Å². The van der Waals surface area contributed by atoms with Crippen LogP contribution in [0.2, 0.25) is 0 Å². The van der Waals surface area contributed by atoms with E-state index in [2.05, 4.69) is 40.0 Å². The van der Waals surface area contributed by atoms with Gasteiger partial charge in [-0.15, -0.1) is 0 Å². The standard InChI is InChI=1S/C14H22N4S/c1-3-12(2)16-14(19)18-10-8-17(9-11-18)13-6-4-5-7-15-13/h4-7,12H,3,8-11H2,1-2H3,(H,16,19). The number of nitrogens with one attached hydrogen (secondary N) is 1. The monoisotopic (exact) mass is 278 g/mol. The van der Waals surface area contributed by atoms with Crippen molar-refractivity contribution in [1.82, 2.24) is 15.2 Å². The van der Waals surface area contributed by atoms with E-state index in [0.717, 1.165) is 43.5 Å². The van der Waals surface area contributed by atoms with E-state index in [1.165, 1.54) is 0 Å². The zero-order valence-corrected chi connectivity index (χ0v) is 12.5. The van der Waals surface area contributed by atoms with Gasteiger partial charge in [-0.2, -0.15) is 0 Å². The number of aromatic nitrogens is 1. The molecule has 4 nitrogen and oxygen atoms in total. The maximum Gasteiger partial charge on any atom is 0.169 e. The molecule has 0 aliphatic carbocycles. The molecule has 0 bridgehead atoms. The Morgan fingerprint density at radius 2 is 2.11 bits per heavy atom. The van der Waals surface area contributed by atoms with Gasteiger partial charge in [0.2, 0.25) is 0 Å². The number of piperazine rings is 1. The highest BCUT2D eigenvalue weighted by molar-refractivity contribution is 7.80. The Balaban J connectivity index is 1.84. The fraction of sp³-hybridized carbons (Fsp3) is 0.571. The molecule has 1 saturated heterocycles. The van der Waals surface area contributed by atoms with Crippen molar-refractivity contribution in [3.63, 3.8) is 0 Å². The molecule has 1 aromatic rings. The summed E-state index contributed by atoms with van der Waals surface area (Å²) in [6.45, 7) is 8.19. The van der Waals surface area contributed by atoms with Gasteiger partial charge in [-0.1, -0.05) is 13.0 Å². The lowest BCUT2D eigenvalue weighted by Crippen LogP contribution is -2.53. The highest BCUT2D eigenvalue weighted by atomic mass is 32.1. The van der Waals surface area contributed by atoms with Crippen molar-refractivity contribution >= 4 is 23.1 Å². The number of hydrogen-bond donors (Lipinski definition) is 1. The van der Waals surface area contributed by atoms with E-state index in [1.807, 2.05) is 18.3 Å². The van der Waals surface area contributed by atoms with Crippen LogP contribution >= 0.6 is 12.2 Å². The topological polar surface area (TPSA) is 31.4 Å². The Kier molecular flexibility index (Phi) is 4.96. The molecule has 1 atom stereocenters. The summed E-state index contributed by atoms with van der Waals surface area (Å²) in [5.74, 6) is 1.06. The van der Waals surface area contributed by atoms with E-state index in [9.17, 15) is 0 Å². The average Bonchev–Trinajstić information content (AvgIpc) is 2.48. The minimum absolute atomic E-state index is 0.446. The van der Waals surface area contributed by atoms with Crippen LogP contribution in [0.3, 0.4) is 0 Å². The Hall–Kier alpha value is -1.36. The number of nitrogens with zero attached hydrogens (tertiary/aromatic N) is 3. The largest absolute Gasteiger partial charge is 0.360 e. The van der Waals surface area contributed by atoms with E-state index < -0.39 is 0 Å². The molecule has 1 aromatic heterocycles. The van der Waals surface area contributed by atoms with E-state index in [-0.39, 0.29) is 0 Å². The predicted molar refractivity (Wildman–Crippen MR) is 83.5 cm³/mol. The van der Waals surface area contributed by atoms with Crippen LogP contribution in [-0.4, -0.2) is 47.2 Å². The highest BCUT2D eigenvalue weighted by Gasteiger charge is 2.20. The third kappa shape index (κ3) is 3.80. The second-order valence-electron chi connectivity index (χ2n) is 4.92. The van der Waals surface area contributed by atoms with Gasteiger partial charge >= 0.3 is 0 Å². The fourth-order valence-corrected chi connectivity index (χ4v) is 2.47. The molecule has 0 aromatic carbocycles. The fourth-order valence-electron chi connectivity index (χ4n) is 2.08. The van der Waals surface area contributed by atoms with Gasteiger partial charge in [0.15, 0.2) is 5.11 Å². The quantitative estimate of drug-likeness (QED) is 0.853. The molecule has 104 valence electrons. The summed E-state index contributed by atoms with van der Waals surface area (Å²) < 4.78 is 0. The lowest BCUT2D eigenvalue weighted by molar-refractivity contribution is 0.374. The SMILES string of the molecule is CCC(C)NC(=S)N1CCN(c2ccccn2)CC1. The van der Waals surface area contributed by atoms with Crippen molar-refractivity contribution in [2.24, 2.45) is 0 Å². The maximum absolute atomic E-state index is 5.45. The van der Waals surface area contributed by atoms with Crippen LogP contribution < -0.4 is 10.2 Å². The maximum atomic E-state index is 5.45. The predicted octanol–water partition coefficient (Wildman–Crippen LogP) is 1.88. The van der Waals surface area contributed by atoms with Crippen LogP contribution in [0.5, 0.6) is 0 Å². The van der Waals surface area contributed by atoms with Crippen LogP contribution in [0.15, 0.2) is 24.4 Å². The molecule has 1 aliphatic rings. The van der Waals surface area contributed by atoms with Gasteiger partial charge in [0.25, 0.3) is 0 Å². The second-order valence-corrected chi connectivity index (χ2v) is 5.31. The zero-order chi connectivity index (χ0) is 13.7. The van der Waals surface area contributed by atoms with E-state index in [0.29, 0.717) is 6.04 Å². The molecule has 2 heterocycles. The summed E-state index contributed by atoms with van der Waals surface area (Å²) in [7, 11) is 0. The zero-order valence-electron chi connectivity index (χ0n) is 11.7. The van der Waals surface area contributed by atoms with Gasteiger partial charge in [-0.05, 0) is 37.7 Å². The van der Waals surface area contributed by atoms with Gasteiger partial charge in [0.1, 0.15) is 5.82 Å². The molecular formula is C14H22N4S. The third-order valence-electron chi connectivity index (χ3n) is 3.52. The molecule has 19 heavy (non-hydrogen) atoms. The molecule has 1 aliphatic heterocycles. The lowest BCUT2D eigenvalue weighted by atomic mass is 10.2. The van der Waals surface area contributed by atoms with Crippen molar-refractivity contribution < 1.29 is 0 Å². The number of thiocarbonyl (C=S) groups is 1. The highest BCUT2D eigenvalue weighted by Crippen LogP contribution is 2.12. The summed E-state index contributed by atoms with van der Waals surface area (Å²) in [6, 6.07) is 6.49. The molecule has 0 spiro atoms. The Morgan fingerprint density at radius 1 is 1.37 bits per heavy atom. The van der Waals surface area contributed by atoms with Crippen molar-refractivity contribution in [1.29, 1.82) is 0 Å². The summed E-state index contributed by atoms with van der Waals surface area (Å²) in [4.78, 5) is 8.95. The smallest absolute Gasteiger partial charge is 0.169 e. The molecule has 1 fully saturated rings. The van der Waals surface area contributed by atoms with Crippen LogP contribution in [0.25, 0.3) is 0 Å². The Morgan fingerprint density at radius 3 is 2.68 bits per heavy atom. The van der Waals surface area contributed by atoms with E-state index in [1.54, 1.807) is 0 Å². The summed E-state index contributed by atoms with van der Waals surface area (Å²) in [5, 5.41) is 4.26. The Bertz CT molecular complexity index is 401. The van der Waals surface area contributed by atoms with E-state index >= 15 is 0 Å². The molecule has 0 radical (unpaired) electrons. The first kappa shape index (κ1) is 14.1. The molecule has 0 saturated carbocycles. The van der Waals surface area contributed by atoms with Crippen LogP contribution in [0.4, 0.5) is 5.82 Å². The minimum Gasteiger partial charge on any atom is -0.360 e. The number of pyridine rings is 1. The van der Waals surface area contributed by atoms with Crippen molar-refractivity contribution in [3.8, 4) is 0 Å². The van der Waals surface area contributed by atoms with E-state index in [4.69, 9.17) is 12.2 Å². The number of anilines is 1.